The lowest BCUT2D eigenvalue weighted by Crippen LogP contribution is -2.45. The number of likely N-dealkylation sites (tertiary alicyclic amines) is 1. The zero-order chi connectivity index (χ0) is 14.8. The molecule has 3 rings (SSSR count). The average Bonchev–Trinajstić information content (AvgIpc) is 3.22. The number of carbonyl (C=O) groups excluding carboxylic acids is 2. The summed E-state index contributed by atoms with van der Waals surface area (Å²) >= 11 is 0. The molecule has 1 aromatic rings. The van der Waals surface area contributed by atoms with Gasteiger partial charge in [-0.3, -0.25) is 9.59 Å². The molecule has 1 unspecified atom stereocenters. The lowest BCUT2D eigenvalue weighted by molar-refractivity contribution is -0.127. The van der Waals surface area contributed by atoms with Gasteiger partial charge in [-0.1, -0.05) is 0 Å². The van der Waals surface area contributed by atoms with Crippen molar-refractivity contribution in [3.63, 3.8) is 0 Å². The SMILES string of the molecule is CC(NC(=O)C1CCN(C(=O)c2ccoc2)CC1)C1CC1. The summed E-state index contributed by atoms with van der Waals surface area (Å²) in [6, 6.07) is 1.97. The monoisotopic (exact) mass is 290 g/mol. The van der Waals surface area contributed by atoms with Crippen molar-refractivity contribution < 1.29 is 14.0 Å². The molecule has 1 aliphatic carbocycles. The molecule has 21 heavy (non-hydrogen) atoms. The van der Waals surface area contributed by atoms with Crippen LogP contribution in [0.1, 0.15) is 43.0 Å². The Morgan fingerprint density at radius 1 is 1.29 bits per heavy atom. The molecule has 5 nitrogen and oxygen atoms in total. The molecular weight excluding hydrogens is 268 g/mol. The number of hydrogen-bond acceptors (Lipinski definition) is 3. The molecular formula is C16H22N2O3. The Morgan fingerprint density at radius 2 is 2.00 bits per heavy atom. The van der Waals surface area contributed by atoms with Crippen molar-refractivity contribution >= 4 is 11.8 Å². The van der Waals surface area contributed by atoms with Crippen LogP contribution in [0.25, 0.3) is 0 Å². The highest BCUT2D eigenvalue weighted by atomic mass is 16.3. The van der Waals surface area contributed by atoms with E-state index in [1.165, 1.54) is 25.4 Å². The normalized spacial score (nSPS) is 21.1. The van der Waals surface area contributed by atoms with Crippen LogP contribution in [0.3, 0.4) is 0 Å². The second kappa shape index (κ2) is 5.92. The molecule has 1 N–H and O–H groups in total. The van der Waals surface area contributed by atoms with E-state index in [2.05, 4.69) is 12.2 Å². The third kappa shape index (κ3) is 3.28. The quantitative estimate of drug-likeness (QED) is 0.923. The van der Waals surface area contributed by atoms with E-state index >= 15 is 0 Å². The third-order valence-electron chi connectivity index (χ3n) is 4.62. The van der Waals surface area contributed by atoms with Gasteiger partial charge in [-0.15, -0.1) is 0 Å². The van der Waals surface area contributed by atoms with E-state index in [0.717, 1.165) is 12.8 Å². The Hall–Kier alpha value is -1.78. The first-order valence-corrected chi connectivity index (χ1v) is 7.77. The molecule has 114 valence electrons. The number of piperidine rings is 1. The van der Waals surface area contributed by atoms with Crippen molar-refractivity contribution in [3.05, 3.63) is 24.2 Å². The fourth-order valence-electron chi connectivity index (χ4n) is 2.97. The van der Waals surface area contributed by atoms with Crippen LogP contribution in [0.4, 0.5) is 0 Å². The van der Waals surface area contributed by atoms with Gasteiger partial charge in [-0.2, -0.15) is 0 Å². The van der Waals surface area contributed by atoms with Crippen LogP contribution in [0.2, 0.25) is 0 Å². The van der Waals surface area contributed by atoms with Crippen LogP contribution < -0.4 is 5.32 Å². The molecule has 2 fully saturated rings. The summed E-state index contributed by atoms with van der Waals surface area (Å²) in [7, 11) is 0. The molecule has 1 saturated carbocycles. The Balaban J connectivity index is 1.48. The van der Waals surface area contributed by atoms with E-state index < -0.39 is 0 Å². The van der Waals surface area contributed by atoms with Gasteiger partial charge in [0.2, 0.25) is 5.91 Å². The Kier molecular flexibility index (Phi) is 3.99. The van der Waals surface area contributed by atoms with Crippen molar-refractivity contribution in [3.8, 4) is 0 Å². The van der Waals surface area contributed by atoms with Gasteiger partial charge in [-0.25, -0.2) is 0 Å². The molecule has 2 aliphatic rings. The third-order valence-corrected chi connectivity index (χ3v) is 4.62. The minimum absolute atomic E-state index is 0.00560. The topological polar surface area (TPSA) is 62.6 Å². The first-order chi connectivity index (χ1) is 10.1. The Labute approximate surface area is 124 Å². The summed E-state index contributed by atoms with van der Waals surface area (Å²) in [5, 5.41) is 3.13. The summed E-state index contributed by atoms with van der Waals surface area (Å²) in [6.45, 7) is 3.37. The van der Waals surface area contributed by atoms with Crippen LogP contribution in [-0.2, 0) is 4.79 Å². The van der Waals surface area contributed by atoms with Crippen LogP contribution in [0.15, 0.2) is 23.0 Å². The highest BCUT2D eigenvalue weighted by molar-refractivity contribution is 5.94. The van der Waals surface area contributed by atoms with E-state index in [-0.39, 0.29) is 17.7 Å². The van der Waals surface area contributed by atoms with Crippen LogP contribution in [0.5, 0.6) is 0 Å². The molecule has 0 radical (unpaired) electrons. The molecule has 0 aromatic carbocycles. The van der Waals surface area contributed by atoms with Crippen LogP contribution >= 0.6 is 0 Å². The fraction of sp³-hybridized carbons (Fsp3) is 0.625. The molecule has 1 atom stereocenters. The molecule has 1 saturated heterocycles. The second-order valence-electron chi connectivity index (χ2n) is 6.21. The molecule has 0 spiro atoms. The van der Waals surface area contributed by atoms with Gasteiger partial charge in [0.05, 0.1) is 11.8 Å². The summed E-state index contributed by atoms with van der Waals surface area (Å²) in [5.41, 5.74) is 0.584. The maximum Gasteiger partial charge on any atom is 0.257 e. The summed E-state index contributed by atoms with van der Waals surface area (Å²) in [6.07, 6.45) is 6.93. The summed E-state index contributed by atoms with van der Waals surface area (Å²) < 4.78 is 4.95. The standard InChI is InChI=1S/C16H22N2O3/c1-11(12-2-3-12)17-15(19)13-4-7-18(8-5-13)16(20)14-6-9-21-10-14/h6,9-13H,2-5,7-8H2,1H3,(H,17,19). The van der Waals surface area contributed by atoms with Gasteiger partial charge >= 0.3 is 0 Å². The van der Waals surface area contributed by atoms with Gasteiger partial charge in [0.25, 0.3) is 5.91 Å². The maximum absolute atomic E-state index is 12.2. The summed E-state index contributed by atoms with van der Waals surface area (Å²) in [4.78, 5) is 26.2. The van der Waals surface area contributed by atoms with Crippen LogP contribution in [0, 0.1) is 11.8 Å². The van der Waals surface area contributed by atoms with E-state index in [0.29, 0.717) is 30.6 Å². The van der Waals surface area contributed by atoms with Gasteiger partial charge in [0.1, 0.15) is 6.26 Å². The maximum atomic E-state index is 12.2. The highest BCUT2D eigenvalue weighted by Crippen LogP contribution is 2.32. The molecule has 5 heteroatoms. The molecule has 1 aromatic heterocycles. The van der Waals surface area contributed by atoms with Gasteiger partial charge in [0, 0.05) is 25.0 Å². The molecule has 2 amide bonds. The van der Waals surface area contributed by atoms with E-state index in [9.17, 15) is 9.59 Å². The summed E-state index contributed by atoms with van der Waals surface area (Å²) in [5.74, 6) is 0.870. The van der Waals surface area contributed by atoms with Gasteiger partial charge in [-0.05, 0) is 44.6 Å². The minimum atomic E-state index is -0.00560. The molecule has 2 heterocycles. The lowest BCUT2D eigenvalue weighted by atomic mass is 9.95. The number of carbonyl (C=O) groups is 2. The Morgan fingerprint density at radius 3 is 2.57 bits per heavy atom. The number of nitrogens with one attached hydrogen (secondary N) is 1. The molecule has 0 bridgehead atoms. The largest absolute Gasteiger partial charge is 0.472 e. The fourth-order valence-corrected chi connectivity index (χ4v) is 2.97. The second-order valence-corrected chi connectivity index (χ2v) is 6.21. The number of hydrogen-bond donors (Lipinski definition) is 1. The molecule has 1 aliphatic heterocycles. The lowest BCUT2D eigenvalue weighted by Gasteiger charge is -2.31. The predicted octanol–water partition coefficient (Wildman–Crippen LogP) is 2.05. The van der Waals surface area contributed by atoms with E-state index in [1.54, 1.807) is 11.0 Å². The van der Waals surface area contributed by atoms with Crippen molar-refractivity contribution in [2.45, 2.75) is 38.6 Å². The number of nitrogens with zero attached hydrogens (tertiary/aromatic N) is 1. The smallest absolute Gasteiger partial charge is 0.257 e. The van der Waals surface area contributed by atoms with E-state index in [1.807, 2.05) is 0 Å². The number of furan rings is 1. The van der Waals surface area contributed by atoms with Gasteiger partial charge in [0.15, 0.2) is 0 Å². The van der Waals surface area contributed by atoms with E-state index in [4.69, 9.17) is 4.42 Å². The Bertz CT molecular complexity index is 500. The van der Waals surface area contributed by atoms with Crippen molar-refractivity contribution in [2.24, 2.45) is 11.8 Å². The van der Waals surface area contributed by atoms with Crippen molar-refractivity contribution in [1.82, 2.24) is 10.2 Å². The zero-order valence-corrected chi connectivity index (χ0v) is 12.4. The minimum Gasteiger partial charge on any atom is -0.472 e. The predicted molar refractivity (Wildman–Crippen MR) is 77.7 cm³/mol. The highest BCUT2D eigenvalue weighted by Gasteiger charge is 2.32. The van der Waals surface area contributed by atoms with Crippen LogP contribution in [-0.4, -0.2) is 35.8 Å². The first-order valence-electron chi connectivity index (χ1n) is 7.77. The van der Waals surface area contributed by atoms with Gasteiger partial charge < -0.3 is 14.6 Å². The average molecular weight is 290 g/mol. The zero-order valence-electron chi connectivity index (χ0n) is 12.4. The first kappa shape index (κ1) is 14.2. The van der Waals surface area contributed by atoms with Crippen molar-refractivity contribution in [2.75, 3.05) is 13.1 Å². The number of amides is 2. The number of rotatable bonds is 4. The van der Waals surface area contributed by atoms with Crippen molar-refractivity contribution in [1.29, 1.82) is 0 Å².